The lowest BCUT2D eigenvalue weighted by atomic mass is 10.0. The lowest BCUT2D eigenvalue weighted by Gasteiger charge is -2.18. The number of carbonyl (C=O) groups excluding carboxylic acids is 2. The second-order valence-corrected chi connectivity index (χ2v) is 5.63. The minimum Gasteiger partial charge on any atom is -0.462 e. The van der Waals surface area contributed by atoms with Gasteiger partial charge >= 0.3 is 5.97 Å². The standard InChI is InChI=1S/C19H19NO3/c1-3-23-19(22)15-9-10-17-16(11-15)13(2)18(21)20(17)12-14-7-5-4-6-8-14/h4-11,13H,3,12H2,1-2H3. The molecule has 1 aliphatic heterocycles. The Hall–Kier alpha value is -2.62. The smallest absolute Gasteiger partial charge is 0.338 e. The largest absolute Gasteiger partial charge is 0.462 e. The zero-order valence-corrected chi connectivity index (χ0v) is 13.3. The van der Waals surface area contributed by atoms with Gasteiger partial charge in [0.1, 0.15) is 0 Å². The van der Waals surface area contributed by atoms with E-state index in [2.05, 4.69) is 0 Å². The highest BCUT2D eigenvalue weighted by Crippen LogP contribution is 2.38. The third kappa shape index (κ3) is 2.84. The number of amides is 1. The second kappa shape index (κ2) is 6.24. The van der Waals surface area contributed by atoms with Crippen LogP contribution in [0.15, 0.2) is 48.5 Å². The predicted octanol–water partition coefficient (Wildman–Crippen LogP) is 3.51. The van der Waals surface area contributed by atoms with Crippen molar-refractivity contribution < 1.29 is 14.3 Å². The van der Waals surface area contributed by atoms with Crippen molar-refractivity contribution >= 4 is 17.6 Å². The molecule has 0 bridgehead atoms. The molecular formula is C19H19NO3. The first-order chi connectivity index (χ1) is 11.1. The number of ether oxygens (including phenoxy) is 1. The van der Waals surface area contributed by atoms with E-state index in [4.69, 9.17) is 4.74 Å². The molecule has 0 saturated heterocycles. The predicted molar refractivity (Wildman–Crippen MR) is 88.4 cm³/mol. The number of benzene rings is 2. The minimum atomic E-state index is -0.351. The van der Waals surface area contributed by atoms with Crippen LogP contribution in [-0.4, -0.2) is 18.5 Å². The molecule has 1 heterocycles. The molecule has 0 radical (unpaired) electrons. The molecule has 0 fully saturated rings. The molecule has 0 aromatic heterocycles. The first-order valence-corrected chi connectivity index (χ1v) is 7.78. The summed E-state index contributed by atoms with van der Waals surface area (Å²) in [4.78, 5) is 26.2. The Kier molecular flexibility index (Phi) is 4.15. The topological polar surface area (TPSA) is 46.6 Å². The van der Waals surface area contributed by atoms with Crippen LogP contribution in [0.4, 0.5) is 5.69 Å². The molecule has 23 heavy (non-hydrogen) atoms. The van der Waals surface area contributed by atoms with E-state index in [1.54, 1.807) is 24.0 Å². The highest BCUT2D eigenvalue weighted by atomic mass is 16.5. The fraction of sp³-hybridized carbons (Fsp3) is 0.263. The average Bonchev–Trinajstić information content (AvgIpc) is 2.81. The number of hydrogen-bond donors (Lipinski definition) is 0. The molecule has 2 aromatic carbocycles. The number of nitrogens with zero attached hydrogens (tertiary/aromatic N) is 1. The third-order valence-electron chi connectivity index (χ3n) is 4.12. The highest BCUT2D eigenvalue weighted by molar-refractivity contribution is 6.05. The van der Waals surface area contributed by atoms with Crippen LogP contribution >= 0.6 is 0 Å². The van der Waals surface area contributed by atoms with Crippen LogP contribution in [0.5, 0.6) is 0 Å². The Morgan fingerprint density at radius 2 is 1.91 bits per heavy atom. The highest BCUT2D eigenvalue weighted by Gasteiger charge is 2.34. The summed E-state index contributed by atoms with van der Waals surface area (Å²) in [6.45, 7) is 4.53. The fourth-order valence-electron chi connectivity index (χ4n) is 2.90. The second-order valence-electron chi connectivity index (χ2n) is 5.63. The summed E-state index contributed by atoms with van der Waals surface area (Å²) in [5.74, 6) is -0.538. The number of fused-ring (bicyclic) bond motifs is 1. The van der Waals surface area contributed by atoms with Crippen molar-refractivity contribution in [1.29, 1.82) is 0 Å². The molecule has 1 amide bonds. The third-order valence-corrected chi connectivity index (χ3v) is 4.12. The summed E-state index contributed by atoms with van der Waals surface area (Å²) < 4.78 is 5.03. The van der Waals surface area contributed by atoms with Gasteiger partial charge in [-0.1, -0.05) is 30.3 Å². The fourth-order valence-corrected chi connectivity index (χ4v) is 2.90. The monoisotopic (exact) mass is 309 g/mol. The average molecular weight is 309 g/mol. The van der Waals surface area contributed by atoms with Gasteiger partial charge in [0.25, 0.3) is 0 Å². The minimum absolute atomic E-state index is 0.0601. The van der Waals surface area contributed by atoms with E-state index in [1.807, 2.05) is 43.3 Å². The Morgan fingerprint density at radius 3 is 2.61 bits per heavy atom. The van der Waals surface area contributed by atoms with Gasteiger partial charge < -0.3 is 9.64 Å². The summed E-state index contributed by atoms with van der Waals surface area (Å²) in [6.07, 6.45) is 0. The number of rotatable bonds is 4. The molecule has 0 N–H and O–H groups in total. The van der Waals surface area contributed by atoms with Gasteiger partial charge in [0.2, 0.25) is 5.91 Å². The van der Waals surface area contributed by atoms with E-state index in [-0.39, 0.29) is 17.8 Å². The first kappa shape index (κ1) is 15.3. The van der Waals surface area contributed by atoms with E-state index in [9.17, 15) is 9.59 Å². The van der Waals surface area contributed by atoms with Crippen LogP contribution in [0.2, 0.25) is 0 Å². The Bertz CT molecular complexity index is 740. The van der Waals surface area contributed by atoms with Crippen LogP contribution in [0.1, 0.15) is 41.3 Å². The molecule has 4 heteroatoms. The van der Waals surface area contributed by atoms with Gasteiger partial charge in [-0.2, -0.15) is 0 Å². The zero-order chi connectivity index (χ0) is 16.4. The summed E-state index contributed by atoms with van der Waals surface area (Å²) >= 11 is 0. The lowest BCUT2D eigenvalue weighted by Crippen LogP contribution is -2.27. The van der Waals surface area contributed by atoms with E-state index in [0.717, 1.165) is 16.8 Å². The van der Waals surface area contributed by atoms with Crippen molar-refractivity contribution in [2.24, 2.45) is 0 Å². The van der Waals surface area contributed by atoms with E-state index in [1.165, 1.54) is 0 Å². The van der Waals surface area contributed by atoms with Crippen molar-refractivity contribution in [1.82, 2.24) is 0 Å². The molecule has 1 unspecified atom stereocenters. The molecule has 0 spiro atoms. The van der Waals surface area contributed by atoms with E-state index in [0.29, 0.717) is 18.7 Å². The Balaban J connectivity index is 1.92. The SMILES string of the molecule is CCOC(=O)c1ccc2c(c1)C(C)C(=O)N2Cc1ccccc1. The molecule has 0 saturated carbocycles. The zero-order valence-electron chi connectivity index (χ0n) is 13.3. The van der Waals surface area contributed by atoms with Crippen molar-refractivity contribution in [2.45, 2.75) is 26.3 Å². The van der Waals surface area contributed by atoms with Gasteiger partial charge in [0.15, 0.2) is 0 Å². The molecule has 2 aromatic rings. The van der Waals surface area contributed by atoms with E-state index >= 15 is 0 Å². The van der Waals surface area contributed by atoms with Gasteiger partial charge in [-0.3, -0.25) is 4.79 Å². The number of hydrogen-bond acceptors (Lipinski definition) is 3. The van der Waals surface area contributed by atoms with Crippen molar-refractivity contribution in [3.05, 3.63) is 65.2 Å². The van der Waals surface area contributed by atoms with Gasteiger partial charge in [0.05, 0.1) is 24.6 Å². The van der Waals surface area contributed by atoms with Crippen LogP contribution < -0.4 is 4.90 Å². The van der Waals surface area contributed by atoms with Crippen LogP contribution in [-0.2, 0) is 16.1 Å². The molecule has 1 atom stereocenters. The van der Waals surface area contributed by atoms with Gasteiger partial charge in [-0.15, -0.1) is 0 Å². The van der Waals surface area contributed by atoms with Crippen LogP contribution in [0.3, 0.4) is 0 Å². The van der Waals surface area contributed by atoms with Gasteiger partial charge in [-0.25, -0.2) is 4.79 Å². The summed E-state index contributed by atoms with van der Waals surface area (Å²) in [7, 11) is 0. The van der Waals surface area contributed by atoms with Crippen LogP contribution in [0.25, 0.3) is 0 Å². The summed E-state index contributed by atoms with van der Waals surface area (Å²) in [5, 5.41) is 0. The van der Waals surface area contributed by atoms with Crippen molar-refractivity contribution in [2.75, 3.05) is 11.5 Å². The maximum absolute atomic E-state index is 12.6. The number of esters is 1. The molecule has 0 aliphatic carbocycles. The summed E-state index contributed by atoms with van der Waals surface area (Å²) in [5.41, 5.74) is 3.33. The maximum atomic E-state index is 12.6. The lowest BCUT2D eigenvalue weighted by molar-refractivity contribution is -0.119. The van der Waals surface area contributed by atoms with Gasteiger partial charge in [0, 0.05) is 5.69 Å². The maximum Gasteiger partial charge on any atom is 0.338 e. The quantitative estimate of drug-likeness (QED) is 0.812. The number of carbonyl (C=O) groups is 2. The number of anilines is 1. The Labute approximate surface area is 135 Å². The molecule has 4 nitrogen and oxygen atoms in total. The van der Waals surface area contributed by atoms with E-state index < -0.39 is 0 Å². The van der Waals surface area contributed by atoms with Crippen LogP contribution in [0, 0.1) is 0 Å². The van der Waals surface area contributed by atoms with Crippen molar-refractivity contribution in [3.8, 4) is 0 Å². The van der Waals surface area contributed by atoms with Crippen molar-refractivity contribution in [3.63, 3.8) is 0 Å². The van der Waals surface area contributed by atoms with Gasteiger partial charge in [-0.05, 0) is 43.2 Å². The summed E-state index contributed by atoms with van der Waals surface area (Å²) in [6, 6.07) is 15.2. The first-order valence-electron chi connectivity index (χ1n) is 7.78. The Morgan fingerprint density at radius 1 is 1.17 bits per heavy atom. The molecule has 118 valence electrons. The normalized spacial score (nSPS) is 16.3. The molecule has 3 rings (SSSR count). The molecular weight excluding hydrogens is 290 g/mol. The molecule has 1 aliphatic rings.